The van der Waals surface area contributed by atoms with Crippen molar-refractivity contribution in [2.24, 2.45) is 0 Å². The molecule has 2 N–H and O–H groups in total. The molecule has 102 valence electrons. The van der Waals surface area contributed by atoms with Crippen molar-refractivity contribution in [3.63, 3.8) is 0 Å². The summed E-state index contributed by atoms with van der Waals surface area (Å²) in [6, 6.07) is 7.56. The van der Waals surface area contributed by atoms with Crippen LogP contribution < -0.4 is 5.32 Å². The topological polar surface area (TPSA) is 79.3 Å². The van der Waals surface area contributed by atoms with E-state index < -0.39 is 5.97 Å². The Kier molecular flexibility index (Phi) is 4.36. The van der Waals surface area contributed by atoms with Crippen molar-refractivity contribution in [1.82, 2.24) is 4.98 Å². The van der Waals surface area contributed by atoms with Gasteiger partial charge in [0.2, 0.25) is 0 Å². The van der Waals surface area contributed by atoms with Crippen molar-refractivity contribution in [2.75, 3.05) is 5.32 Å². The minimum Gasteiger partial charge on any atom is -0.477 e. The zero-order chi connectivity index (χ0) is 14.7. The molecule has 0 aliphatic rings. The number of hydrogen-bond acceptors (Lipinski definition) is 3. The number of benzene rings is 1. The van der Waals surface area contributed by atoms with Crippen LogP contribution in [-0.2, 0) is 0 Å². The molecule has 0 saturated carbocycles. The van der Waals surface area contributed by atoms with Gasteiger partial charge < -0.3 is 10.4 Å². The molecule has 1 amide bonds. The normalized spacial score (nSPS) is 10.1. The van der Waals surface area contributed by atoms with Crippen LogP contribution in [0.4, 0.5) is 5.69 Å². The number of carbonyl (C=O) groups excluding carboxylic acids is 1. The Morgan fingerprint density at radius 1 is 1.25 bits per heavy atom. The molecule has 1 aromatic carbocycles. The Bertz CT molecular complexity index is 691. The van der Waals surface area contributed by atoms with Gasteiger partial charge in [-0.05, 0) is 46.3 Å². The maximum absolute atomic E-state index is 12.1. The third-order valence-electron chi connectivity index (χ3n) is 2.41. The van der Waals surface area contributed by atoms with E-state index in [0.717, 1.165) is 0 Å². The lowest BCUT2D eigenvalue weighted by atomic mass is 10.2. The lowest BCUT2D eigenvalue weighted by Gasteiger charge is -2.07. The molecule has 0 unspecified atom stereocenters. The Labute approximate surface area is 127 Å². The largest absolute Gasteiger partial charge is 0.477 e. The van der Waals surface area contributed by atoms with Crippen LogP contribution in [0.3, 0.4) is 0 Å². The average molecular weight is 356 g/mol. The minimum atomic E-state index is -1.16. The fourth-order valence-corrected chi connectivity index (χ4v) is 2.36. The number of aromatic carboxylic acids is 1. The second-order valence-electron chi connectivity index (χ2n) is 3.81. The van der Waals surface area contributed by atoms with Crippen LogP contribution in [0.2, 0.25) is 5.02 Å². The second-order valence-corrected chi connectivity index (χ2v) is 5.10. The smallest absolute Gasteiger partial charge is 0.354 e. The predicted octanol–water partition coefficient (Wildman–Crippen LogP) is 3.45. The number of carboxylic acids is 1. The fraction of sp³-hybridized carbons (Fsp3) is 0. The van der Waals surface area contributed by atoms with Crippen LogP contribution in [0.25, 0.3) is 0 Å². The highest BCUT2D eigenvalue weighted by molar-refractivity contribution is 9.10. The average Bonchev–Trinajstić information content (AvgIpc) is 2.38. The molecule has 0 radical (unpaired) electrons. The third kappa shape index (κ3) is 3.34. The van der Waals surface area contributed by atoms with Crippen molar-refractivity contribution in [3.05, 3.63) is 57.3 Å². The molecular formula is C13H8BrClN2O3. The Balaban J connectivity index is 2.23. The maximum atomic E-state index is 12.1. The highest BCUT2D eigenvalue weighted by Crippen LogP contribution is 2.22. The Morgan fingerprint density at radius 3 is 2.65 bits per heavy atom. The van der Waals surface area contributed by atoms with Gasteiger partial charge in [0.15, 0.2) is 0 Å². The summed E-state index contributed by atoms with van der Waals surface area (Å²) in [5.74, 6) is -1.54. The van der Waals surface area contributed by atoms with Crippen molar-refractivity contribution < 1.29 is 14.7 Å². The highest BCUT2D eigenvalue weighted by Gasteiger charge is 2.12. The number of hydrogen-bond donors (Lipinski definition) is 2. The first-order valence-electron chi connectivity index (χ1n) is 5.43. The lowest BCUT2D eigenvalue weighted by molar-refractivity contribution is 0.0690. The van der Waals surface area contributed by atoms with Crippen LogP contribution in [0.1, 0.15) is 20.8 Å². The van der Waals surface area contributed by atoms with E-state index in [2.05, 4.69) is 26.2 Å². The third-order valence-corrected chi connectivity index (χ3v) is 3.30. The number of rotatable bonds is 3. The molecule has 5 nitrogen and oxygen atoms in total. The van der Waals surface area contributed by atoms with Crippen molar-refractivity contribution in [2.45, 2.75) is 0 Å². The second kappa shape index (κ2) is 6.02. The van der Waals surface area contributed by atoms with E-state index in [1.807, 2.05) is 0 Å². The molecule has 0 bridgehead atoms. The number of nitrogens with zero attached hydrogens (tertiary/aromatic N) is 1. The van der Waals surface area contributed by atoms with Gasteiger partial charge in [-0.2, -0.15) is 0 Å². The van der Waals surface area contributed by atoms with Gasteiger partial charge in [0.05, 0.1) is 5.56 Å². The van der Waals surface area contributed by atoms with Crippen LogP contribution in [0.15, 0.2) is 41.0 Å². The summed E-state index contributed by atoms with van der Waals surface area (Å²) < 4.78 is 0.551. The van der Waals surface area contributed by atoms with E-state index in [9.17, 15) is 9.59 Å². The first-order chi connectivity index (χ1) is 9.47. The molecule has 1 aromatic heterocycles. The van der Waals surface area contributed by atoms with Gasteiger partial charge >= 0.3 is 5.97 Å². The van der Waals surface area contributed by atoms with E-state index in [0.29, 0.717) is 20.7 Å². The van der Waals surface area contributed by atoms with Crippen LogP contribution in [-0.4, -0.2) is 22.0 Å². The molecule has 0 atom stereocenters. The molecule has 2 aromatic rings. The van der Waals surface area contributed by atoms with Crippen LogP contribution in [0.5, 0.6) is 0 Å². The van der Waals surface area contributed by atoms with Crippen LogP contribution >= 0.6 is 27.5 Å². The number of anilines is 1. The fourth-order valence-electron chi connectivity index (χ4n) is 1.50. The van der Waals surface area contributed by atoms with Crippen molar-refractivity contribution >= 4 is 45.1 Å². The molecule has 7 heteroatoms. The molecule has 0 aliphatic carbocycles. The number of carboxylic acid groups (broad SMARTS) is 1. The molecule has 0 fully saturated rings. The zero-order valence-electron chi connectivity index (χ0n) is 9.93. The quantitative estimate of drug-likeness (QED) is 0.884. The Morgan fingerprint density at radius 2 is 2.00 bits per heavy atom. The first kappa shape index (κ1) is 14.5. The number of pyridine rings is 1. The molecule has 20 heavy (non-hydrogen) atoms. The van der Waals surface area contributed by atoms with Gasteiger partial charge in [-0.3, -0.25) is 4.79 Å². The number of amides is 1. The standard InChI is InChI=1S/C13H8BrClN2O3/c14-10-5-7(15)1-2-9(10)12(18)17-8-3-4-16-11(6-8)13(19)20/h1-6H,(H,19,20)(H,16,17,18). The highest BCUT2D eigenvalue weighted by atomic mass is 79.9. The summed E-state index contributed by atoms with van der Waals surface area (Å²) >= 11 is 9.05. The van der Waals surface area contributed by atoms with E-state index in [1.54, 1.807) is 18.2 Å². The monoisotopic (exact) mass is 354 g/mol. The van der Waals surface area contributed by atoms with Gasteiger partial charge in [0, 0.05) is 21.4 Å². The summed E-state index contributed by atoms with van der Waals surface area (Å²) in [6.45, 7) is 0. The van der Waals surface area contributed by atoms with E-state index in [4.69, 9.17) is 16.7 Å². The number of halogens is 2. The molecular weight excluding hydrogens is 348 g/mol. The number of aromatic nitrogens is 1. The number of nitrogens with one attached hydrogen (secondary N) is 1. The number of carbonyl (C=O) groups is 2. The van der Waals surface area contributed by atoms with Gasteiger partial charge in [0.1, 0.15) is 5.69 Å². The van der Waals surface area contributed by atoms with E-state index in [1.165, 1.54) is 18.3 Å². The molecule has 0 saturated heterocycles. The molecule has 2 rings (SSSR count). The minimum absolute atomic E-state index is 0.141. The van der Waals surface area contributed by atoms with E-state index in [-0.39, 0.29) is 11.6 Å². The van der Waals surface area contributed by atoms with Gasteiger partial charge in [-0.1, -0.05) is 11.6 Å². The van der Waals surface area contributed by atoms with E-state index >= 15 is 0 Å². The van der Waals surface area contributed by atoms with Crippen molar-refractivity contribution in [1.29, 1.82) is 0 Å². The summed E-state index contributed by atoms with van der Waals surface area (Å²) in [6.07, 6.45) is 1.32. The lowest BCUT2D eigenvalue weighted by Crippen LogP contribution is -2.13. The van der Waals surface area contributed by atoms with Crippen LogP contribution in [0, 0.1) is 0 Å². The summed E-state index contributed by atoms with van der Waals surface area (Å²) in [5.41, 5.74) is 0.602. The SMILES string of the molecule is O=C(O)c1cc(NC(=O)c2ccc(Cl)cc2Br)ccn1. The van der Waals surface area contributed by atoms with Gasteiger partial charge in [0.25, 0.3) is 5.91 Å². The van der Waals surface area contributed by atoms with Crippen molar-refractivity contribution in [3.8, 4) is 0 Å². The molecule has 0 spiro atoms. The summed E-state index contributed by atoms with van der Waals surface area (Å²) in [5, 5.41) is 11.9. The van der Waals surface area contributed by atoms with Gasteiger partial charge in [-0.15, -0.1) is 0 Å². The molecule has 0 aliphatic heterocycles. The summed E-state index contributed by atoms with van der Waals surface area (Å²) in [4.78, 5) is 26.5. The maximum Gasteiger partial charge on any atom is 0.354 e. The molecule has 1 heterocycles. The Hall–Kier alpha value is -1.92. The predicted molar refractivity (Wildman–Crippen MR) is 78.3 cm³/mol. The zero-order valence-corrected chi connectivity index (χ0v) is 12.3. The summed E-state index contributed by atoms with van der Waals surface area (Å²) in [7, 11) is 0. The van der Waals surface area contributed by atoms with Gasteiger partial charge in [-0.25, -0.2) is 9.78 Å². The first-order valence-corrected chi connectivity index (χ1v) is 6.60.